The zero-order valence-electron chi connectivity index (χ0n) is 22.6. The maximum atomic E-state index is 14.0. The Labute approximate surface area is 245 Å². The zero-order valence-corrected chi connectivity index (χ0v) is 25.0. The number of carbonyl (C=O) groups excluding carboxylic acids is 2. The lowest BCUT2D eigenvalue weighted by atomic mass is 10.1. The Bertz CT molecular complexity index is 1400. The molecule has 1 atom stereocenters. The van der Waals surface area contributed by atoms with Crippen LogP contribution in [0.2, 0.25) is 10.0 Å². The van der Waals surface area contributed by atoms with Gasteiger partial charge in [-0.25, -0.2) is 8.42 Å². The minimum Gasteiger partial charge on any atom is -0.495 e. The molecule has 0 spiro atoms. The first-order chi connectivity index (χ1) is 19.1. The van der Waals surface area contributed by atoms with Crippen molar-refractivity contribution in [1.29, 1.82) is 0 Å². The highest BCUT2D eigenvalue weighted by molar-refractivity contribution is 7.92. The Hall–Kier alpha value is -3.27. The van der Waals surface area contributed by atoms with E-state index in [1.807, 2.05) is 6.92 Å². The number of nitrogens with one attached hydrogen (secondary N) is 1. The Balaban J connectivity index is 2.07. The third-order valence-corrected chi connectivity index (χ3v) is 8.57. The number of sulfonamides is 1. The number of carbonyl (C=O) groups is 2. The van der Waals surface area contributed by atoms with E-state index < -0.39 is 28.5 Å². The van der Waals surface area contributed by atoms with E-state index in [2.05, 4.69) is 5.32 Å². The summed E-state index contributed by atoms with van der Waals surface area (Å²) in [6.07, 6.45) is 1.06. The van der Waals surface area contributed by atoms with Crippen LogP contribution < -0.4 is 14.4 Å². The Morgan fingerprint density at radius 1 is 0.975 bits per heavy atom. The summed E-state index contributed by atoms with van der Waals surface area (Å²) in [5.41, 5.74) is 0.919. The van der Waals surface area contributed by atoms with Crippen LogP contribution in [0.4, 0.5) is 5.69 Å². The topological polar surface area (TPSA) is 96.0 Å². The van der Waals surface area contributed by atoms with E-state index in [-0.39, 0.29) is 28.1 Å². The highest BCUT2D eigenvalue weighted by Crippen LogP contribution is 2.32. The Morgan fingerprint density at radius 2 is 1.65 bits per heavy atom. The molecule has 3 rings (SSSR count). The number of rotatable bonds is 13. The fourth-order valence-corrected chi connectivity index (χ4v) is 5.94. The summed E-state index contributed by atoms with van der Waals surface area (Å²) in [5.74, 6) is -0.506. The maximum Gasteiger partial charge on any atom is 0.264 e. The molecule has 214 valence electrons. The molecule has 3 aromatic rings. The number of amides is 2. The molecule has 0 saturated heterocycles. The Kier molecular flexibility index (Phi) is 11.2. The van der Waals surface area contributed by atoms with Gasteiger partial charge in [-0.05, 0) is 60.9 Å². The van der Waals surface area contributed by atoms with Crippen LogP contribution >= 0.6 is 23.2 Å². The number of benzene rings is 3. The molecule has 3 aromatic carbocycles. The molecule has 1 N–H and O–H groups in total. The molecule has 0 unspecified atom stereocenters. The summed E-state index contributed by atoms with van der Waals surface area (Å²) in [7, 11) is -2.75. The van der Waals surface area contributed by atoms with Crippen molar-refractivity contribution in [3.8, 4) is 5.75 Å². The number of hydrogen-bond donors (Lipinski definition) is 1. The first-order valence-electron chi connectivity index (χ1n) is 12.8. The van der Waals surface area contributed by atoms with Crippen LogP contribution in [0.3, 0.4) is 0 Å². The average Bonchev–Trinajstić information content (AvgIpc) is 2.95. The molecule has 0 aliphatic rings. The van der Waals surface area contributed by atoms with Crippen molar-refractivity contribution < 1.29 is 22.7 Å². The molecule has 0 fully saturated rings. The molecule has 8 nitrogen and oxygen atoms in total. The zero-order chi connectivity index (χ0) is 29.3. The molecular formula is C29H33Cl2N3O5S. The van der Waals surface area contributed by atoms with Crippen LogP contribution in [0.15, 0.2) is 77.7 Å². The molecule has 0 aliphatic carbocycles. The van der Waals surface area contributed by atoms with E-state index in [4.69, 9.17) is 27.9 Å². The van der Waals surface area contributed by atoms with Crippen LogP contribution in [0.1, 0.15) is 32.3 Å². The van der Waals surface area contributed by atoms with Crippen molar-refractivity contribution >= 4 is 50.7 Å². The van der Waals surface area contributed by atoms with Crippen molar-refractivity contribution in [1.82, 2.24) is 10.2 Å². The molecule has 40 heavy (non-hydrogen) atoms. The predicted molar refractivity (Wildman–Crippen MR) is 158 cm³/mol. The predicted octanol–water partition coefficient (Wildman–Crippen LogP) is 5.53. The van der Waals surface area contributed by atoms with Gasteiger partial charge in [0.1, 0.15) is 18.3 Å². The van der Waals surface area contributed by atoms with Gasteiger partial charge >= 0.3 is 0 Å². The van der Waals surface area contributed by atoms with Crippen LogP contribution in [0.5, 0.6) is 5.75 Å². The molecule has 0 heterocycles. The summed E-state index contributed by atoms with van der Waals surface area (Å²) < 4.78 is 33.9. The van der Waals surface area contributed by atoms with Gasteiger partial charge in [0.15, 0.2) is 0 Å². The minimum absolute atomic E-state index is 0.00622. The summed E-state index contributed by atoms with van der Waals surface area (Å²) in [6, 6.07) is 18.4. The van der Waals surface area contributed by atoms with Crippen molar-refractivity contribution in [2.45, 2.75) is 44.2 Å². The van der Waals surface area contributed by atoms with Crippen molar-refractivity contribution in [2.75, 3.05) is 24.5 Å². The van der Waals surface area contributed by atoms with Crippen LogP contribution in [-0.4, -0.2) is 51.4 Å². The van der Waals surface area contributed by atoms with Gasteiger partial charge in [-0.2, -0.15) is 0 Å². The number of hydrogen-bond acceptors (Lipinski definition) is 5. The van der Waals surface area contributed by atoms with Crippen LogP contribution in [0.25, 0.3) is 0 Å². The minimum atomic E-state index is -4.20. The molecule has 0 bridgehead atoms. The second kappa shape index (κ2) is 14.4. The van der Waals surface area contributed by atoms with E-state index in [0.717, 1.165) is 16.3 Å². The number of ether oxygens (including phenoxy) is 1. The lowest BCUT2D eigenvalue weighted by molar-refractivity contribution is -0.140. The van der Waals surface area contributed by atoms with Gasteiger partial charge < -0.3 is 15.0 Å². The fourth-order valence-electron chi connectivity index (χ4n) is 4.13. The molecule has 0 radical (unpaired) electrons. The van der Waals surface area contributed by atoms with Crippen molar-refractivity contribution in [3.05, 3.63) is 88.4 Å². The van der Waals surface area contributed by atoms with Gasteiger partial charge in [-0.15, -0.1) is 0 Å². The van der Waals surface area contributed by atoms with Gasteiger partial charge in [0.25, 0.3) is 10.0 Å². The standard InChI is InChI=1S/C29H33Cl2N3O5S/c1-4-17-32-29(36)26(5-2)33(19-21-11-13-22(30)14-12-21)28(35)20-34(23-15-16-27(39-3)25(31)18-23)40(37,38)24-9-7-6-8-10-24/h6-16,18,26H,4-5,17,19-20H2,1-3H3,(H,32,36)/t26-/m1/s1. The smallest absolute Gasteiger partial charge is 0.264 e. The van der Waals surface area contributed by atoms with E-state index in [1.54, 1.807) is 49.4 Å². The second-order valence-electron chi connectivity index (χ2n) is 9.01. The molecule has 0 saturated carbocycles. The molecular weight excluding hydrogens is 573 g/mol. The number of nitrogens with zero attached hydrogens (tertiary/aromatic N) is 2. The van der Waals surface area contributed by atoms with E-state index in [1.165, 1.54) is 42.3 Å². The third-order valence-electron chi connectivity index (χ3n) is 6.23. The average molecular weight is 607 g/mol. The number of methoxy groups -OCH3 is 1. The summed E-state index contributed by atoms with van der Waals surface area (Å²) in [5, 5.41) is 3.58. The highest BCUT2D eigenvalue weighted by Gasteiger charge is 2.33. The van der Waals surface area contributed by atoms with Crippen LogP contribution in [-0.2, 0) is 26.2 Å². The second-order valence-corrected chi connectivity index (χ2v) is 11.7. The molecule has 2 amide bonds. The van der Waals surface area contributed by atoms with E-state index in [0.29, 0.717) is 23.7 Å². The van der Waals surface area contributed by atoms with Gasteiger partial charge in [-0.3, -0.25) is 13.9 Å². The highest BCUT2D eigenvalue weighted by atomic mass is 35.5. The SMILES string of the molecule is CCCNC(=O)[C@@H](CC)N(Cc1ccc(Cl)cc1)C(=O)CN(c1ccc(OC)c(Cl)c1)S(=O)(=O)c1ccccc1. The Morgan fingerprint density at radius 3 is 2.23 bits per heavy atom. The molecule has 11 heteroatoms. The number of anilines is 1. The van der Waals surface area contributed by atoms with Crippen molar-refractivity contribution in [3.63, 3.8) is 0 Å². The largest absolute Gasteiger partial charge is 0.495 e. The lowest BCUT2D eigenvalue weighted by Gasteiger charge is -2.33. The van der Waals surface area contributed by atoms with Crippen molar-refractivity contribution in [2.24, 2.45) is 0 Å². The molecule has 0 aliphatic heterocycles. The van der Waals surface area contributed by atoms with Crippen LogP contribution in [0, 0.1) is 0 Å². The van der Waals surface area contributed by atoms with E-state index in [9.17, 15) is 18.0 Å². The monoisotopic (exact) mass is 605 g/mol. The van der Waals surface area contributed by atoms with Gasteiger partial charge in [0.2, 0.25) is 11.8 Å². The first-order valence-corrected chi connectivity index (χ1v) is 15.0. The normalized spacial score (nSPS) is 11.9. The molecule has 0 aromatic heterocycles. The van der Waals surface area contributed by atoms with Gasteiger partial charge in [-0.1, -0.05) is 67.4 Å². The van der Waals surface area contributed by atoms with Gasteiger partial charge in [0, 0.05) is 18.1 Å². The maximum absolute atomic E-state index is 14.0. The number of halogens is 2. The quantitative estimate of drug-likeness (QED) is 0.276. The summed E-state index contributed by atoms with van der Waals surface area (Å²) >= 11 is 12.4. The van der Waals surface area contributed by atoms with E-state index >= 15 is 0 Å². The fraction of sp³-hybridized carbons (Fsp3) is 0.310. The third kappa shape index (κ3) is 7.68. The first kappa shape index (κ1) is 31.3. The van der Waals surface area contributed by atoms with Gasteiger partial charge in [0.05, 0.1) is 22.7 Å². The lowest BCUT2D eigenvalue weighted by Crippen LogP contribution is -2.52. The summed E-state index contributed by atoms with van der Waals surface area (Å²) in [4.78, 5) is 28.6. The summed E-state index contributed by atoms with van der Waals surface area (Å²) in [6.45, 7) is 3.71.